The van der Waals surface area contributed by atoms with E-state index in [1.54, 1.807) is 11.0 Å². The number of halogens is 1. The zero-order valence-corrected chi connectivity index (χ0v) is 13.7. The molecule has 8 heteroatoms. The zero-order chi connectivity index (χ0) is 16.6. The van der Waals surface area contributed by atoms with E-state index in [1.165, 1.54) is 28.8 Å². The Bertz CT molecular complexity index is 710. The van der Waals surface area contributed by atoms with Crippen LogP contribution in [0.25, 0.3) is 0 Å². The summed E-state index contributed by atoms with van der Waals surface area (Å²) in [5, 5.41) is 2.70. The molecule has 1 aromatic rings. The SMILES string of the molecule is CS(=O)(=O)N1C[C@H]2CC[C@@H](C1)N(C(=O)Nc1cccc(F)c1)C2. The minimum atomic E-state index is -3.26. The molecule has 3 fully saturated rings. The molecule has 0 saturated carbocycles. The molecular weight excluding hydrogens is 321 g/mol. The standard InChI is InChI=1S/C15H20FN3O3S/c1-23(21,22)18-8-11-5-6-14(10-18)19(9-11)15(20)17-13-4-2-3-12(16)7-13/h2-4,7,11,14H,5-6,8-10H2,1H3,(H,17,20)/t11-,14+/m1/s1. The fraction of sp³-hybridized carbons (Fsp3) is 0.533. The zero-order valence-electron chi connectivity index (χ0n) is 12.9. The first kappa shape index (κ1) is 16.2. The van der Waals surface area contributed by atoms with Gasteiger partial charge in [0.05, 0.1) is 6.26 Å². The number of sulfonamides is 1. The first-order valence-electron chi connectivity index (χ1n) is 7.61. The topological polar surface area (TPSA) is 69.7 Å². The van der Waals surface area contributed by atoms with E-state index in [4.69, 9.17) is 0 Å². The molecule has 0 spiro atoms. The molecule has 3 heterocycles. The Hall–Kier alpha value is -1.67. The van der Waals surface area contributed by atoms with Gasteiger partial charge in [0.2, 0.25) is 10.0 Å². The molecule has 1 aromatic carbocycles. The summed E-state index contributed by atoms with van der Waals surface area (Å²) in [4.78, 5) is 14.2. The van der Waals surface area contributed by atoms with E-state index in [9.17, 15) is 17.6 Å². The van der Waals surface area contributed by atoms with Crippen molar-refractivity contribution in [1.82, 2.24) is 9.21 Å². The number of hydrogen-bond donors (Lipinski definition) is 1. The van der Waals surface area contributed by atoms with Crippen molar-refractivity contribution in [3.63, 3.8) is 0 Å². The van der Waals surface area contributed by atoms with Gasteiger partial charge in [0.25, 0.3) is 0 Å². The maximum absolute atomic E-state index is 13.2. The van der Waals surface area contributed by atoms with Crippen LogP contribution >= 0.6 is 0 Å². The Morgan fingerprint density at radius 3 is 2.74 bits per heavy atom. The molecule has 0 radical (unpaired) electrons. The van der Waals surface area contributed by atoms with E-state index in [2.05, 4.69) is 5.32 Å². The van der Waals surface area contributed by atoms with Gasteiger partial charge in [-0.3, -0.25) is 0 Å². The van der Waals surface area contributed by atoms with Crippen molar-refractivity contribution in [2.75, 3.05) is 31.2 Å². The van der Waals surface area contributed by atoms with E-state index < -0.39 is 15.8 Å². The lowest BCUT2D eigenvalue weighted by Gasteiger charge is -2.36. The van der Waals surface area contributed by atoms with E-state index in [-0.39, 0.29) is 18.0 Å². The van der Waals surface area contributed by atoms with Crippen molar-refractivity contribution >= 4 is 21.7 Å². The first-order chi connectivity index (χ1) is 10.8. The maximum Gasteiger partial charge on any atom is 0.322 e. The fourth-order valence-electron chi connectivity index (χ4n) is 3.32. The average Bonchev–Trinajstić information content (AvgIpc) is 2.78. The van der Waals surface area contributed by atoms with Gasteiger partial charge >= 0.3 is 6.03 Å². The van der Waals surface area contributed by atoms with Gasteiger partial charge in [-0.2, -0.15) is 4.31 Å². The Balaban J connectivity index is 1.75. The minimum absolute atomic E-state index is 0.140. The third kappa shape index (κ3) is 3.64. The lowest BCUT2D eigenvalue weighted by Crippen LogP contribution is -2.49. The second-order valence-electron chi connectivity index (χ2n) is 6.27. The lowest BCUT2D eigenvalue weighted by atomic mass is 9.95. The first-order valence-corrected chi connectivity index (χ1v) is 9.46. The molecule has 126 valence electrons. The van der Waals surface area contributed by atoms with Crippen molar-refractivity contribution in [2.45, 2.75) is 18.9 Å². The predicted octanol–water partition coefficient (Wildman–Crippen LogP) is 1.71. The van der Waals surface area contributed by atoms with Gasteiger partial charge in [-0.25, -0.2) is 17.6 Å². The highest BCUT2D eigenvalue weighted by Gasteiger charge is 2.39. The van der Waals surface area contributed by atoms with Gasteiger partial charge in [0.1, 0.15) is 5.82 Å². The molecule has 6 nitrogen and oxygen atoms in total. The summed E-state index contributed by atoms with van der Waals surface area (Å²) in [6, 6.07) is 5.28. The molecule has 0 aliphatic carbocycles. The van der Waals surface area contributed by atoms with Crippen molar-refractivity contribution in [2.24, 2.45) is 5.92 Å². The number of nitrogens with zero attached hydrogens (tertiary/aromatic N) is 2. The number of fused-ring (bicyclic) bond motifs is 4. The molecule has 1 N–H and O–H groups in total. The van der Waals surface area contributed by atoms with E-state index in [0.717, 1.165) is 12.8 Å². The molecule has 23 heavy (non-hydrogen) atoms. The molecule has 2 bridgehead atoms. The Labute approximate surface area is 135 Å². The largest absolute Gasteiger partial charge is 0.322 e. The number of urea groups is 1. The highest BCUT2D eigenvalue weighted by Crippen LogP contribution is 2.29. The predicted molar refractivity (Wildman–Crippen MR) is 85.1 cm³/mol. The van der Waals surface area contributed by atoms with Crippen molar-refractivity contribution in [3.8, 4) is 0 Å². The second kappa shape index (κ2) is 6.09. The number of nitrogens with one attached hydrogen (secondary N) is 1. The Morgan fingerprint density at radius 2 is 2.04 bits per heavy atom. The fourth-order valence-corrected chi connectivity index (χ4v) is 4.24. The molecule has 0 unspecified atom stereocenters. The number of anilines is 1. The highest BCUT2D eigenvalue weighted by atomic mass is 32.2. The van der Waals surface area contributed by atoms with Gasteiger partial charge in [-0.05, 0) is 37.0 Å². The third-order valence-electron chi connectivity index (χ3n) is 4.49. The molecule has 3 aliphatic rings. The van der Waals surface area contributed by atoms with Gasteiger partial charge < -0.3 is 10.2 Å². The molecule has 2 amide bonds. The summed E-state index contributed by atoms with van der Waals surface area (Å²) >= 11 is 0. The summed E-state index contributed by atoms with van der Waals surface area (Å²) in [5.74, 6) is -0.273. The van der Waals surface area contributed by atoms with Gasteiger partial charge in [-0.1, -0.05) is 6.07 Å². The van der Waals surface area contributed by atoms with Gasteiger partial charge in [0.15, 0.2) is 0 Å². The molecule has 4 rings (SSSR count). The summed E-state index contributed by atoms with van der Waals surface area (Å²) in [7, 11) is -3.26. The quantitative estimate of drug-likeness (QED) is 0.890. The van der Waals surface area contributed by atoms with Crippen LogP contribution in [0.5, 0.6) is 0 Å². The second-order valence-corrected chi connectivity index (χ2v) is 8.25. The number of rotatable bonds is 2. The van der Waals surface area contributed by atoms with Crippen LogP contribution in [-0.2, 0) is 10.0 Å². The number of hydrogen-bond acceptors (Lipinski definition) is 3. The summed E-state index contributed by atoms with van der Waals surface area (Å²) < 4.78 is 38.3. The van der Waals surface area contributed by atoms with Crippen LogP contribution in [0.4, 0.5) is 14.9 Å². The molecule has 3 aliphatic heterocycles. The average molecular weight is 341 g/mol. The van der Waals surface area contributed by atoms with E-state index in [1.807, 2.05) is 0 Å². The maximum atomic E-state index is 13.2. The number of benzene rings is 1. The number of carbonyl (C=O) groups excluding carboxylic acids is 1. The number of carbonyl (C=O) groups is 1. The van der Waals surface area contributed by atoms with Crippen LogP contribution in [0.1, 0.15) is 12.8 Å². The Morgan fingerprint density at radius 1 is 1.26 bits per heavy atom. The Kier molecular flexibility index (Phi) is 4.29. The van der Waals surface area contributed by atoms with Crippen LogP contribution in [0.3, 0.4) is 0 Å². The van der Waals surface area contributed by atoms with Crippen molar-refractivity contribution in [1.29, 1.82) is 0 Å². The van der Waals surface area contributed by atoms with Crippen molar-refractivity contribution in [3.05, 3.63) is 30.1 Å². The van der Waals surface area contributed by atoms with Crippen LogP contribution in [-0.4, -0.2) is 55.6 Å². The van der Waals surface area contributed by atoms with Crippen molar-refractivity contribution < 1.29 is 17.6 Å². The van der Waals surface area contributed by atoms with Crippen LogP contribution in [0, 0.1) is 11.7 Å². The molecule has 0 aromatic heterocycles. The van der Waals surface area contributed by atoms with E-state index in [0.29, 0.717) is 25.3 Å². The lowest BCUT2D eigenvalue weighted by molar-refractivity contribution is 0.153. The smallest absolute Gasteiger partial charge is 0.320 e. The van der Waals surface area contributed by atoms with Gasteiger partial charge in [-0.15, -0.1) is 0 Å². The van der Waals surface area contributed by atoms with Crippen LogP contribution < -0.4 is 5.32 Å². The number of piperidine rings is 1. The molecular formula is C15H20FN3O3S. The summed E-state index contributed by atoms with van der Waals surface area (Å²) in [6.45, 7) is 1.31. The minimum Gasteiger partial charge on any atom is -0.320 e. The number of amides is 2. The molecule has 3 saturated heterocycles. The van der Waals surface area contributed by atoms with Gasteiger partial charge in [0, 0.05) is 31.4 Å². The summed E-state index contributed by atoms with van der Waals surface area (Å²) in [5.41, 5.74) is 0.398. The molecule has 2 atom stereocenters. The summed E-state index contributed by atoms with van der Waals surface area (Å²) in [6.07, 6.45) is 2.91. The normalized spacial score (nSPS) is 25.2. The highest BCUT2D eigenvalue weighted by molar-refractivity contribution is 7.88. The van der Waals surface area contributed by atoms with Crippen LogP contribution in [0.15, 0.2) is 24.3 Å². The monoisotopic (exact) mass is 341 g/mol. The third-order valence-corrected chi connectivity index (χ3v) is 5.72. The van der Waals surface area contributed by atoms with Crippen LogP contribution in [0.2, 0.25) is 0 Å². The van der Waals surface area contributed by atoms with E-state index >= 15 is 0 Å².